The summed E-state index contributed by atoms with van der Waals surface area (Å²) in [7, 11) is 2.55. The van der Waals surface area contributed by atoms with Crippen molar-refractivity contribution in [2.75, 3.05) is 20.8 Å². The van der Waals surface area contributed by atoms with Gasteiger partial charge in [0.05, 0.1) is 55.1 Å². The van der Waals surface area contributed by atoms with Crippen molar-refractivity contribution >= 4 is 40.6 Å². The molecule has 14 nitrogen and oxygen atoms in total. The molecule has 4 fully saturated rings. The molecule has 2 aromatic carbocycles. The van der Waals surface area contributed by atoms with Crippen LogP contribution in [0.1, 0.15) is 114 Å². The van der Waals surface area contributed by atoms with E-state index in [1.165, 1.54) is 14.2 Å². The number of piperidine rings is 1. The summed E-state index contributed by atoms with van der Waals surface area (Å²) in [6.07, 6.45) is 11.2. The van der Waals surface area contributed by atoms with Gasteiger partial charge in [0.25, 0.3) is 5.92 Å². The van der Waals surface area contributed by atoms with Gasteiger partial charge >= 0.3 is 12.2 Å². The number of nitrogens with one attached hydrogen (secondary N) is 4. The minimum absolute atomic E-state index is 0.0123. The quantitative estimate of drug-likeness (QED) is 0.123. The molecule has 4 amide bonds. The number of ether oxygens (including phenoxy) is 2. The lowest BCUT2D eigenvalue weighted by atomic mass is 9.72. The van der Waals surface area contributed by atoms with Crippen molar-refractivity contribution in [2.24, 2.45) is 29.1 Å². The molecule has 2 aromatic heterocycles. The topological polar surface area (TPSA) is 175 Å². The van der Waals surface area contributed by atoms with Gasteiger partial charge in [-0.15, -0.1) is 0 Å². The molecule has 2 bridgehead atoms. The third-order valence-corrected chi connectivity index (χ3v) is 15.7. The van der Waals surface area contributed by atoms with Crippen molar-refractivity contribution in [3.63, 3.8) is 0 Å². The Morgan fingerprint density at radius 1 is 0.864 bits per heavy atom. The number of H-pyrrole nitrogens is 2. The summed E-state index contributed by atoms with van der Waals surface area (Å²) >= 11 is 0. The highest BCUT2D eigenvalue weighted by molar-refractivity contribution is 5.88. The van der Waals surface area contributed by atoms with E-state index >= 15 is 8.78 Å². The predicted octanol–water partition coefficient (Wildman–Crippen LogP) is 8.45. The van der Waals surface area contributed by atoms with Crippen LogP contribution in [0.2, 0.25) is 0 Å². The summed E-state index contributed by atoms with van der Waals surface area (Å²) in [5.74, 6) is -3.58. The van der Waals surface area contributed by atoms with Crippen LogP contribution in [0, 0.1) is 29.1 Å². The molecule has 2 saturated carbocycles. The van der Waals surface area contributed by atoms with Crippen molar-refractivity contribution in [1.82, 2.24) is 40.4 Å². The number of aromatic nitrogens is 4. The Labute approximate surface area is 382 Å². The van der Waals surface area contributed by atoms with E-state index in [0.717, 1.165) is 49.6 Å². The molecule has 4 heterocycles. The largest absolute Gasteiger partial charge is 0.453 e. The molecule has 0 radical (unpaired) electrons. The number of fused-ring (bicyclic) bond motifs is 6. The van der Waals surface area contributed by atoms with E-state index in [0.29, 0.717) is 46.1 Å². The van der Waals surface area contributed by atoms with E-state index in [4.69, 9.17) is 19.4 Å². The number of imidazole rings is 2. The first-order valence-electron chi connectivity index (χ1n) is 23.3. The van der Waals surface area contributed by atoms with Crippen LogP contribution in [0.15, 0.2) is 60.8 Å². The average molecular weight is 905 g/mol. The van der Waals surface area contributed by atoms with Gasteiger partial charge in [0.1, 0.15) is 23.7 Å². The fourth-order valence-corrected chi connectivity index (χ4v) is 11.8. The second kappa shape index (κ2) is 15.8. The average Bonchev–Trinajstić information content (AvgIpc) is 3.94. The van der Waals surface area contributed by atoms with Gasteiger partial charge in [0.15, 0.2) is 0 Å². The van der Waals surface area contributed by atoms with Gasteiger partial charge in [-0.05, 0) is 102 Å². The zero-order chi connectivity index (χ0) is 46.6. The number of aromatic amines is 2. The number of benzene rings is 2. The molecule has 16 heteroatoms. The third kappa shape index (κ3) is 7.08. The van der Waals surface area contributed by atoms with Crippen molar-refractivity contribution in [3.05, 3.63) is 89.3 Å². The van der Waals surface area contributed by atoms with Crippen LogP contribution in [0.25, 0.3) is 27.7 Å². The number of hydrogen-bond acceptors (Lipinski definition) is 8. The fraction of sp³-hybridized carbons (Fsp3) is 0.520. The van der Waals surface area contributed by atoms with Gasteiger partial charge in [-0.2, -0.15) is 0 Å². The maximum atomic E-state index is 17.0. The Bertz CT molecular complexity index is 2700. The van der Waals surface area contributed by atoms with Crippen molar-refractivity contribution in [2.45, 2.75) is 115 Å². The number of allylic oxidation sites excluding steroid dienone is 4. The number of carbonyl (C=O) groups is 4. The molecule has 4 aliphatic carbocycles. The number of carbonyl (C=O) groups excluding carboxylic acids is 4. The van der Waals surface area contributed by atoms with Crippen LogP contribution in [-0.4, -0.2) is 92.6 Å². The van der Waals surface area contributed by atoms with Crippen LogP contribution in [-0.2, 0) is 30.4 Å². The van der Waals surface area contributed by atoms with Crippen LogP contribution < -0.4 is 10.6 Å². The summed E-state index contributed by atoms with van der Waals surface area (Å²) in [5, 5.41) is 5.45. The summed E-state index contributed by atoms with van der Waals surface area (Å²) in [5.41, 5.74) is 3.64. The van der Waals surface area contributed by atoms with E-state index in [2.05, 4.69) is 20.6 Å². The number of halogens is 2. The molecule has 3 unspecified atom stereocenters. The number of rotatable bonds is 10. The maximum Gasteiger partial charge on any atom is 0.407 e. The number of nitrogens with zero attached hydrogens (tertiary/aromatic N) is 4. The Kier molecular flexibility index (Phi) is 10.5. The predicted molar refractivity (Wildman–Crippen MR) is 242 cm³/mol. The molecule has 8 atom stereocenters. The van der Waals surface area contributed by atoms with Gasteiger partial charge in [0, 0.05) is 23.6 Å². The zero-order valence-electron chi connectivity index (χ0n) is 38.4. The molecule has 10 rings (SSSR count). The molecular formula is C50H58F2N8O6. The van der Waals surface area contributed by atoms with Crippen LogP contribution in [0.5, 0.6) is 0 Å². The summed E-state index contributed by atoms with van der Waals surface area (Å²) in [6, 6.07) is 8.93. The monoisotopic (exact) mass is 904 g/mol. The fourth-order valence-electron chi connectivity index (χ4n) is 11.8. The molecule has 66 heavy (non-hydrogen) atoms. The SMILES string of the molecule is COC(=O)N[C@H](C(=O)N1CC2(CC2)C[C@H]1c1ncc(C2=CC3C(F)(F)c4cc(-c5ccc6nc(C7[C@H]8CC[C@H](C8)N7C(=O)[C@H](NC(=O)OC)C(C)C)[nH]c6c5)ccc4C3(C)C=C2)[nH]1)C(C)C. The number of hydrogen-bond donors (Lipinski definition) is 4. The van der Waals surface area contributed by atoms with Gasteiger partial charge in [-0.25, -0.2) is 28.3 Å². The first kappa shape index (κ1) is 43.8. The van der Waals surface area contributed by atoms with E-state index in [-0.39, 0.29) is 58.7 Å². The number of amides is 4. The summed E-state index contributed by atoms with van der Waals surface area (Å²) in [4.78, 5) is 72.8. The van der Waals surface area contributed by atoms with Crippen LogP contribution in [0.3, 0.4) is 0 Å². The Morgan fingerprint density at radius 2 is 1.55 bits per heavy atom. The molecule has 2 saturated heterocycles. The molecule has 2 aliphatic heterocycles. The molecule has 348 valence electrons. The van der Waals surface area contributed by atoms with Gasteiger partial charge in [-0.3, -0.25) is 9.59 Å². The number of methoxy groups -OCH3 is 2. The summed E-state index contributed by atoms with van der Waals surface area (Å²) < 4.78 is 43.6. The zero-order valence-corrected chi connectivity index (χ0v) is 38.4. The van der Waals surface area contributed by atoms with Gasteiger partial charge < -0.3 is 39.9 Å². The Hall–Kier alpha value is -6.06. The second-order valence-corrected chi connectivity index (χ2v) is 20.5. The molecular weight excluding hydrogens is 847 g/mol. The van der Waals surface area contributed by atoms with E-state index in [9.17, 15) is 19.2 Å². The Balaban J connectivity index is 0.899. The number of alkyl halides is 2. The highest BCUT2D eigenvalue weighted by Crippen LogP contribution is 2.61. The summed E-state index contributed by atoms with van der Waals surface area (Å²) in [6.45, 7) is 9.97. The van der Waals surface area contributed by atoms with E-state index in [1.807, 2.05) is 86.9 Å². The molecule has 1 spiro atoms. The standard InChI is InChI=1S/C50H58F2N8O6/c1-25(2)39(57-46(63)65-6)44(61)59-24-49(16-17-49)22-37(59)42-53-23-36(56-42)29-14-15-48(5)32-12-9-27(19-33(32)50(51,52)38(48)21-29)28-10-13-34-35(20-28)55-43(54-34)41-30-8-11-31(18-30)60(41)45(62)40(26(3)4)58-47(64)66-7/h9-10,12-15,19-21,23,25-26,30-31,37-41H,8,11,16-18,22,24H2,1-7H3,(H,53,56)(H,54,55)(H,57,63)(H,58,64)/t30-,31+,37-,38?,39-,40+,41?,48?/m0/s1. The lowest BCUT2D eigenvalue weighted by Gasteiger charge is -2.37. The number of likely N-dealkylation sites (tertiary alicyclic amines) is 2. The van der Waals surface area contributed by atoms with Crippen molar-refractivity contribution in [1.29, 1.82) is 0 Å². The van der Waals surface area contributed by atoms with Gasteiger partial charge in [-0.1, -0.05) is 71.0 Å². The molecule has 6 aliphatic rings. The van der Waals surface area contributed by atoms with Crippen molar-refractivity contribution in [3.8, 4) is 11.1 Å². The molecule has 4 N–H and O–H groups in total. The smallest absolute Gasteiger partial charge is 0.407 e. The molecule has 4 aromatic rings. The maximum absolute atomic E-state index is 17.0. The normalized spacial score (nSPS) is 27.3. The minimum atomic E-state index is -3.20. The lowest BCUT2D eigenvalue weighted by molar-refractivity contribution is -0.139. The third-order valence-electron chi connectivity index (χ3n) is 15.7. The highest BCUT2D eigenvalue weighted by Gasteiger charge is 2.60. The first-order chi connectivity index (χ1) is 31.4. The van der Waals surface area contributed by atoms with E-state index < -0.39 is 41.5 Å². The minimum Gasteiger partial charge on any atom is -0.453 e. The lowest BCUT2D eigenvalue weighted by Crippen LogP contribution is -2.54. The van der Waals surface area contributed by atoms with E-state index in [1.54, 1.807) is 18.3 Å². The number of alkyl carbamates (subject to hydrolysis) is 2. The highest BCUT2D eigenvalue weighted by atomic mass is 19.3. The Morgan fingerprint density at radius 3 is 2.23 bits per heavy atom. The van der Waals surface area contributed by atoms with Crippen LogP contribution in [0.4, 0.5) is 18.4 Å². The van der Waals surface area contributed by atoms with Crippen LogP contribution >= 0.6 is 0 Å². The first-order valence-corrected chi connectivity index (χ1v) is 23.3. The van der Waals surface area contributed by atoms with Crippen molar-refractivity contribution < 1.29 is 37.4 Å². The van der Waals surface area contributed by atoms with Gasteiger partial charge in [0.2, 0.25) is 11.8 Å². The second-order valence-electron chi connectivity index (χ2n) is 20.5.